The monoisotopic (exact) mass is 660 g/mol. The van der Waals surface area contributed by atoms with Gasteiger partial charge in [-0.05, 0) is 75.6 Å². The van der Waals surface area contributed by atoms with Crippen LogP contribution >= 0.6 is 0 Å². The largest absolute Gasteiger partial charge is 0.456 e. The van der Waals surface area contributed by atoms with Crippen LogP contribution in [0, 0.1) is 5.92 Å². The van der Waals surface area contributed by atoms with Gasteiger partial charge < -0.3 is 28.5 Å². The topological polar surface area (TPSA) is 116 Å². The standard InChI is InChI=1S/C36H56O9Si/c1-23-17-24(2)20-29(37)35-32(43-35)22-31(42-33(38)14-10-12-26-11-9-13-27(18-23)40-26)30(45-46(7,8)36(4,5)6)16-15-28-19-25(3)21-34(41-28)44-39/h9-11,14-16,21,23,26-32,34-35,37,39H,2,12-13,17-20,22H2,1,3-8H3/b14-10-,16-15+/t23-,26-,27-,28+,29-,30-,31-,32+,34?,35-/m0/s1. The number of epoxide rings is 1. The third-order valence-corrected chi connectivity index (χ3v) is 14.2. The van der Waals surface area contributed by atoms with Crippen LogP contribution in [0.5, 0.6) is 0 Å². The summed E-state index contributed by atoms with van der Waals surface area (Å²) < 4.78 is 31.2. The second kappa shape index (κ2) is 16.0. The Bertz CT molecular complexity index is 1170. The summed E-state index contributed by atoms with van der Waals surface area (Å²) >= 11 is 0. The van der Waals surface area contributed by atoms with Crippen LogP contribution in [0.1, 0.15) is 79.6 Å². The molecule has 0 saturated carbocycles. The number of hydrogen-bond donors (Lipinski definition) is 2. The average molecular weight is 661 g/mol. The van der Waals surface area contributed by atoms with E-state index in [1.54, 1.807) is 6.08 Å². The van der Waals surface area contributed by atoms with Gasteiger partial charge in [-0.2, -0.15) is 0 Å². The molecule has 0 amide bonds. The summed E-state index contributed by atoms with van der Waals surface area (Å²) in [5, 5.41) is 20.2. The molecule has 0 spiro atoms. The molecule has 4 aliphatic rings. The van der Waals surface area contributed by atoms with Gasteiger partial charge in [-0.1, -0.05) is 75.8 Å². The minimum absolute atomic E-state index is 0.104. The van der Waals surface area contributed by atoms with Crippen molar-refractivity contribution in [3.63, 3.8) is 0 Å². The number of esters is 1. The van der Waals surface area contributed by atoms with Gasteiger partial charge in [0.15, 0.2) is 8.32 Å². The molecule has 258 valence electrons. The first-order valence-electron chi connectivity index (χ1n) is 16.8. The maximum absolute atomic E-state index is 13.3. The number of aliphatic hydroxyl groups excluding tert-OH is 1. The number of hydrogen-bond acceptors (Lipinski definition) is 9. The molecule has 46 heavy (non-hydrogen) atoms. The van der Waals surface area contributed by atoms with Crippen molar-refractivity contribution >= 4 is 14.3 Å². The second-order valence-electron chi connectivity index (χ2n) is 15.1. The quantitative estimate of drug-likeness (QED) is 0.0780. The molecule has 1 fully saturated rings. The van der Waals surface area contributed by atoms with Crippen LogP contribution in [0.25, 0.3) is 0 Å². The van der Waals surface area contributed by atoms with E-state index in [-0.39, 0.29) is 35.6 Å². The third-order valence-electron chi connectivity index (χ3n) is 9.75. The van der Waals surface area contributed by atoms with Gasteiger partial charge in [-0.25, -0.2) is 14.9 Å². The molecule has 0 radical (unpaired) electrons. The van der Waals surface area contributed by atoms with Crippen molar-refractivity contribution in [1.82, 2.24) is 0 Å². The normalized spacial score (nSPS) is 36.6. The molecule has 2 N–H and O–H groups in total. The second-order valence-corrected chi connectivity index (χ2v) is 19.9. The van der Waals surface area contributed by atoms with Gasteiger partial charge in [-0.3, -0.25) is 0 Å². The number of carbonyl (C=O) groups excluding carboxylic acids is 1. The highest BCUT2D eigenvalue weighted by atomic mass is 28.4. The van der Waals surface area contributed by atoms with Gasteiger partial charge in [-0.15, -0.1) is 0 Å². The minimum atomic E-state index is -2.36. The SMILES string of the molecule is C=C1C[C@H](C)C[C@@H]2CC=C[C@@H](C/C=C\C(=O)O[C@H]([C@H](/C=C/[C@@H]3CC(C)=CC(OO)O3)O[Si](C)(C)C(C)(C)C)C[C@H]3O[C@H]3[C@@H](O)C1)O2. The first kappa shape index (κ1) is 36.9. The highest BCUT2D eigenvalue weighted by Crippen LogP contribution is 2.40. The fraction of sp³-hybridized carbons (Fsp3) is 0.694. The van der Waals surface area contributed by atoms with Gasteiger partial charge >= 0.3 is 5.97 Å². The maximum Gasteiger partial charge on any atom is 0.330 e. The Kier molecular flexibility index (Phi) is 12.8. The number of carbonyl (C=O) groups is 1. The summed E-state index contributed by atoms with van der Waals surface area (Å²) in [5.41, 5.74) is 2.02. The van der Waals surface area contributed by atoms with Crippen LogP contribution in [0.2, 0.25) is 18.1 Å². The van der Waals surface area contributed by atoms with Crippen LogP contribution in [0.4, 0.5) is 0 Å². The summed E-state index contributed by atoms with van der Waals surface area (Å²) in [7, 11) is -2.36. The molecule has 0 aromatic rings. The van der Waals surface area contributed by atoms with Crippen molar-refractivity contribution in [2.75, 3.05) is 0 Å². The Labute approximate surface area is 276 Å². The average Bonchev–Trinajstić information content (AvgIpc) is 3.73. The molecule has 0 aromatic heterocycles. The first-order valence-corrected chi connectivity index (χ1v) is 19.7. The number of cyclic esters (lactones) is 1. The summed E-state index contributed by atoms with van der Waals surface area (Å²) in [6, 6.07) is 0. The molecule has 0 aliphatic carbocycles. The van der Waals surface area contributed by atoms with Gasteiger partial charge in [0, 0.05) is 12.5 Å². The molecule has 1 unspecified atom stereocenters. The molecule has 4 aliphatic heterocycles. The van der Waals surface area contributed by atoms with E-state index in [1.165, 1.54) is 6.08 Å². The fourth-order valence-electron chi connectivity index (χ4n) is 6.22. The lowest BCUT2D eigenvalue weighted by atomic mass is 9.91. The van der Waals surface area contributed by atoms with E-state index < -0.39 is 38.9 Å². The molecule has 2 bridgehead atoms. The van der Waals surface area contributed by atoms with E-state index in [0.29, 0.717) is 31.6 Å². The zero-order valence-electron chi connectivity index (χ0n) is 28.7. The van der Waals surface area contributed by atoms with Gasteiger partial charge in [0.1, 0.15) is 18.3 Å². The van der Waals surface area contributed by atoms with Crippen molar-refractivity contribution in [2.24, 2.45) is 5.92 Å². The maximum atomic E-state index is 13.3. The van der Waals surface area contributed by atoms with Crippen molar-refractivity contribution in [3.05, 3.63) is 60.3 Å². The minimum Gasteiger partial charge on any atom is -0.456 e. The molecule has 4 rings (SSSR count). The van der Waals surface area contributed by atoms with E-state index in [0.717, 1.165) is 30.4 Å². The Hall–Kier alpha value is -1.89. The predicted octanol–water partition coefficient (Wildman–Crippen LogP) is 6.95. The van der Waals surface area contributed by atoms with Crippen LogP contribution in [-0.2, 0) is 33.1 Å². The van der Waals surface area contributed by atoms with Crippen LogP contribution < -0.4 is 0 Å². The molecule has 10 atom stereocenters. The van der Waals surface area contributed by atoms with E-state index >= 15 is 0 Å². The summed E-state index contributed by atoms with van der Waals surface area (Å²) in [6.07, 6.45) is 13.7. The molecule has 9 nitrogen and oxygen atoms in total. The van der Waals surface area contributed by atoms with Crippen molar-refractivity contribution in [1.29, 1.82) is 0 Å². The number of rotatable bonds is 6. The number of fused-ring (bicyclic) bond motifs is 3. The molecular formula is C36H56O9Si. The molecule has 10 heteroatoms. The van der Waals surface area contributed by atoms with Crippen molar-refractivity contribution in [2.45, 2.75) is 153 Å². The predicted molar refractivity (Wildman–Crippen MR) is 179 cm³/mol. The number of ether oxygens (including phenoxy) is 4. The Morgan fingerprint density at radius 2 is 1.85 bits per heavy atom. The summed E-state index contributed by atoms with van der Waals surface area (Å²) in [4.78, 5) is 17.8. The molecular weight excluding hydrogens is 604 g/mol. The third kappa shape index (κ3) is 10.8. The lowest BCUT2D eigenvalue weighted by Crippen LogP contribution is -2.47. The Morgan fingerprint density at radius 1 is 1.09 bits per heavy atom. The van der Waals surface area contributed by atoms with Crippen molar-refractivity contribution < 1.29 is 43.4 Å². The Morgan fingerprint density at radius 3 is 2.57 bits per heavy atom. The molecule has 1 saturated heterocycles. The van der Waals surface area contributed by atoms with Crippen LogP contribution in [0.3, 0.4) is 0 Å². The van der Waals surface area contributed by atoms with E-state index in [4.69, 9.17) is 23.4 Å². The van der Waals surface area contributed by atoms with Crippen molar-refractivity contribution in [3.8, 4) is 0 Å². The Balaban J connectivity index is 1.60. The van der Waals surface area contributed by atoms with Gasteiger partial charge in [0.25, 0.3) is 0 Å². The lowest BCUT2D eigenvalue weighted by molar-refractivity contribution is -0.336. The highest BCUT2D eigenvalue weighted by Gasteiger charge is 2.48. The smallest absolute Gasteiger partial charge is 0.330 e. The highest BCUT2D eigenvalue weighted by molar-refractivity contribution is 6.74. The molecule has 0 aromatic carbocycles. The van der Waals surface area contributed by atoms with Gasteiger partial charge in [0.05, 0.1) is 30.5 Å². The van der Waals surface area contributed by atoms with E-state index in [1.807, 2.05) is 25.2 Å². The van der Waals surface area contributed by atoms with Crippen LogP contribution in [-0.4, -0.2) is 79.8 Å². The van der Waals surface area contributed by atoms with E-state index in [9.17, 15) is 15.2 Å². The zero-order valence-corrected chi connectivity index (χ0v) is 29.7. The lowest BCUT2D eigenvalue weighted by Gasteiger charge is -2.40. The fourth-order valence-corrected chi connectivity index (χ4v) is 7.49. The van der Waals surface area contributed by atoms with Gasteiger partial charge in [0.2, 0.25) is 6.29 Å². The summed E-state index contributed by atoms with van der Waals surface area (Å²) in [5.74, 6) is -0.103. The zero-order chi connectivity index (χ0) is 33.6. The first-order chi connectivity index (χ1) is 21.6. The van der Waals surface area contributed by atoms with E-state index in [2.05, 4.69) is 64.4 Å². The number of aliphatic hydroxyl groups is 1. The van der Waals surface area contributed by atoms with Crippen LogP contribution in [0.15, 0.2) is 60.3 Å². The summed E-state index contributed by atoms with van der Waals surface area (Å²) in [6.45, 7) is 19.2. The molecule has 4 heterocycles.